The molecule has 1 aliphatic heterocycles. The zero-order valence-corrected chi connectivity index (χ0v) is 17.2. The van der Waals surface area contributed by atoms with Crippen LogP contribution >= 0.6 is 15.9 Å². The summed E-state index contributed by atoms with van der Waals surface area (Å²) >= 11 is 3.49. The van der Waals surface area contributed by atoms with Crippen molar-refractivity contribution in [2.24, 2.45) is 5.92 Å². The molecule has 5 heteroatoms. The third kappa shape index (κ3) is 5.11. The van der Waals surface area contributed by atoms with E-state index >= 15 is 0 Å². The number of aliphatic hydroxyl groups excluding tert-OH is 1. The Labute approximate surface area is 169 Å². The van der Waals surface area contributed by atoms with Crippen molar-refractivity contribution >= 4 is 21.8 Å². The number of nitrogens with zero attached hydrogens (tertiary/aromatic N) is 1. The van der Waals surface area contributed by atoms with E-state index in [0.29, 0.717) is 12.8 Å². The van der Waals surface area contributed by atoms with Crippen molar-refractivity contribution in [3.63, 3.8) is 0 Å². The van der Waals surface area contributed by atoms with Crippen molar-refractivity contribution < 1.29 is 14.6 Å². The number of halogens is 1. The van der Waals surface area contributed by atoms with Crippen LogP contribution in [0, 0.1) is 5.92 Å². The van der Waals surface area contributed by atoms with Gasteiger partial charge >= 0.3 is 0 Å². The number of ether oxygens (including phenoxy) is 1. The minimum atomic E-state index is -0.444. The van der Waals surface area contributed by atoms with Gasteiger partial charge in [0, 0.05) is 19.5 Å². The number of methoxy groups -OCH3 is 1. The molecule has 1 unspecified atom stereocenters. The molecule has 0 bridgehead atoms. The van der Waals surface area contributed by atoms with Crippen molar-refractivity contribution in [3.8, 4) is 5.75 Å². The first-order valence-electron chi connectivity index (χ1n) is 9.41. The summed E-state index contributed by atoms with van der Waals surface area (Å²) in [5.74, 6) is 1.20. The molecule has 0 saturated carbocycles. The van der Waals surface area contributed by atoms with Crippen molar-refractivity contribution in [3.05, 3.63) is 64.1 Å². The summed E-state index contributed by atoms with van der Waals surface area (Å²) in [7, 11) is 1.64. The summed E-state index contributed by atoms with van der Waals surface area (Å²) < 4.78 is 6.15. The first-order valence-corrected chi connectivity index (χ1v) is 10.2. The Morgan fingerprint density at radius 1 is 1.22 bits per heavy atom. The van der Waals surface area contributed by atoms with Crippen molar-refractivity contribution in [1.29, 1.82) is 0 Å². The van der Waals surface area contributed by atoms with Crippen LogP contribution in [0.5, 0.6) is 5.75 Å². The van der Waals surface area contributed by atoms with E-state index in [9.17, 15) is 9.90 Å². The SMILES string of the molecule is COc1ccc(CCC(=O)N2CCC(C(O)c3ccccc3)CC2)cc1Br. The molecule has 0 spiro atoms. The number of aryl methyl sites for hydroxylation is 1. The molecule has 1 aliphatic rings. The Balaban J connectivity index is 1.48. The van der Waals surface area contributed by atoms with Crippen LogP contribution in [0.3, 0.4) is 0 Å². The molecule has 0 radical (unpaired) electrons. The fourth-order valence-corrected chi connectivity index (χ4v) is 4.25. The lowest BCUT2D eigenvalue weighted by atomic mass is 9.87. The number of benzene rings is 2. The highest BCUT2D eigenvalue weighted by molar-refractivity contribution is 9.10. The standard InChI is InChI=1S/C22H26BrNO3/c1-27-20-9-7-16(15-19(20)23)8-10-21(25)24-13-11-18(12-14-24)22(26)17-5-3-2-4-6-17/h2-7,9,15,18,22,26H,8,10-14H2,1H3. The summed E-state index contributed by atoms with van der Waals surface area (Å²) in [6.07, 6.45) is 2.46. The van der Waals surface area contributed by atoms with E-state index in [1.165, 1.54) is 0 Å². The highest BCUT2D eigenvalue weighted by Gasteiger charge is 2.28. The molecule has 3 rings (SSSR count). The number of carbonyl (C=O) groups is 1. The fraction of sp³-hybridized carbons (Fsp3) is 0.409. The maximum atomic E-state index is 12.6. The quantitative estimate of drug-likeness (QED) is 0.738. The van der Waals surface area contributed by atoms with Crippen LogP contribution in [0.2, 0.25) is 0 Å². The average molecular weight is 432 g/mol. The zero-order chi connectivity index (χ0) is 19.2. The monoisotopic (exact) mass is 431 g/mol. The number of carbonyl (C=O) groups excluding carboxylic acids is 1. The minimum Gasteiger partial charge on any atom is -0.496 e. The number of hydrogen-bond donors (Lipinski definition) is 1. The number of likely N-dealkylation sites (tertiary alicyclic amines) is 1. The van der Waals surface area contributed by atoms with Gasteiger partial charge in [-0.1, -0.05) is 36.4 Å². The molecule has 1 saturated heterocycles. The summed E-state index contributed by atoms with van der Waals surface area (Å²) in [6, 6.07) is 15.7. The number of piperidine rings is 1. The van der Waals surface area contributed by atoms with Crippen LogP contribution in [0.15, 0.2) is 53.0 Å². The molecule has 144 valence electrons. The fourth-order valence-electron chi connectivity index (χ4n) is 3.66. The normalized spacial score (nSPS) is 16.2. The third-order valence-electron chi connectivity index (χ3n) is 5.32. The summed E-state index contributed by atoms with van der Waals surface area (Å²) in [5, 5.41) is 10.6. The van der Waals surface area contributed by atoms with Crippen LogP contribution < -0.4 is 4.74 Å². The van der Waals surface area contributed by atoms with Gasteiger partial charge in [-0.15, -0.1) is 0 Å². The summed E-state index contributed by atoms with van der Waals surface area (Å²) in [6.45, 7) is 1.44. The van der Waals surface area contributed by atoms with E-state index in [4.69, 9.17) is 4.74 Å². The Hall–Kier alpha value is -1.85. The Morgan fingerprint density at radius 2 is 1.93 bits per heavy atom. The second kappa shape index (κ2) is 9.38. The van der Waals surface area contributed by atoms with Crippen molar-refractivity contribution in [2.75, 3.05) is 20.2 Å². The van der Waals surface area contributed by atoms with E-state index in [2.05, 4.69) is 15.9 Å². The predicted octanol–water partition coefficient (Wildman–Crippen LogP) is 4.36. The second-order valence-electron chi connectivity index (χ2n) is 7.04. The van der Waals surface area contributed by atoms with Crippen LogP contribution in [-0.2, 0) is 11.2 Å². The van der Waals surface area contributed by atoms with Crippen LogP contribution in [-0.4, -0.2) is 36.1 Å². The maximum Gasteiger partial charge on any atom is 0.222 e. The molecule has 1 heterocycles. The van der Waals surface area contributed by atoms with Gasteiger partial charge < -0.3 is 14.7 Å². The molecule has 2 aromatic carbocycles. The van der Waals surface area contributed by atoms with E-state index in [0.717, 1.165) is 47.3 Å². The molecule has 1 atom stereocenters. The van der Waals surface area contributed by atoms with Gasteiger partial charge in [-0.05, 0) is 64.4 Å². The second-order valence-corrected chi connectivity index (χ2v) is 7.90. The minimum absolute atomic E-state index is 0.189. The average Bonchev–Trinajstić information content (AvgIpc) is 2.72. The molecule has 27 heavy (non-hydrogen) atoms. The molecule has 1 N–H and O–H groups in total. The van der Waals surface area contributed by atoms with Gasteiger partial charge in [-0.25, -0.2) is 0 Å². The number of rotatable bonds is 6. The zero-order valence-electron chi connectivity index (χ0n) is 15.6. The highest BCUT2D eigenvalue weighted by atomic mass is 79.9. The van der Waals surface area contributed by atoms with Gasteiger partial charge in [0.15, 0.2) is 0 Å². The van der Waals surface area contributed by atoms with Gasteiger partial charge in [0.25, 0.3) is 0 Å². The molecule has 4 nitrogen and oxygen atoms in total. The molecule has 1 amide bonds. The predicted molar refractivity (Wildman–Crippen MR) is 110 cm³/mol. The molecular formula is C22H26BrNO3. The van der Waals surface area contributed by atoms with Crippen molar-refractivity contribution in [2.45, 2.75) is 31.8 Å². The van der Waals surface area contributed by atoms with Gasteiger partial charge in [0.05, 0.1) is 17.7 Å². The lowest BCUT2D eigenvalue weighted by Crippen LogP contribution is -2.39. The maximum absolute atomic E-state index is 12.6. The number of hydrogen-bond acceptors (Lipinski definition) is 3. The van der Waals surface area contributed by atoms with Crippen LogP contribution in [0.1, 0.15) is 36.5 Å². The first-order chi connectivity index (χ1) is 13.1. The Bertz CT molecular complexity index is 757. The molecule has 2 aromatic rings. The van der Waals surface area contributed by atoms with Gasteiger partial charge in [-0.3, -0.25) is 4.79 Å². The van der Waals surface area contributed by atoms with Gasteiger partial charge in [0.2, 0.25) is 5.91 Å². The number of amides is 1. The lowest BCUT2D eigenvalue weighted by molar-refractivity contribution is -0.133. The van der Waals surface area contributed by atoms with Crippen LogP contribution in [0.4, 0.5) is 0 Å². The molecule has 0 aliphatic carbocycles. The smallest absolute Gasteiger partial charge is 0.222 e. The largest absolute Gasteiger partial charge is 0.496 e. The van der Waals surface area contributed by atoms with Crippen LogP contribution in [0.25, 0.3) is 0 Å². The van der Waals surface area contributed by atoms with Crippen molar-refractivity contribution in [1.82, 2.24) is 4.90 Å². The summed E-state index contributed by atoms with van der Waals surface area (Å²) in [4.78, 5) is 14.5. The molecule has 0 aromatic heterocycles. The van der Waals surface area contributed by atoms with E-state index in [-0.39, 0.29) is 11.8 Å². The summed E-state index contributed by atoms with van der Waals surface area (Å²) in [5.41, 5.74) is 2.08. The first kappa shape index (κ1) is 19.9. The Kier molecular flexibility index (Phi) is 6.91. The third-order valence-corrected chi connectivity index (χ3v) is 5.94. The molecule has 1 fully saturated rings. The van der Waals surface area contributed by atoms with Gasteiger partial charge in [-0.2, -0.15) is 0 Å². The lowest BCUT2D eigenvalue weighted by Gasteiger charge is -2.34. The van der Waals surface area contributed by atoms with E-state index < -0.39 is 6.10 Å². The van der Waals surface area contributed by atoms with E-state index in [1.54, 1.807) is 7.11 Å². The van der Waals surface area contributed by atoms with Gasteiger partial charge in [0.1, 0.15) is 5.75 Å². The topological polar surface area (TPSA) is 49.8 Å². The number of aliphatic hydroxyl groups is 1. The molecular weight excluding hydrogens is 406 g/mol. The highest BCUT2D eigenvalue weighted by Crippen LogP contribution is 2.31. The van der Waals surface area contributed by atoms with E-state index in [1.807, 2.05) is 53.4 Å². The Morgan fingerprint density at radius 3 is 2.56 bits per heavy atom.